The van der Waals surface area contributed by atoms with E-state index in [4.69, 9.17) is 16.4 Å². The first-order valence-corrected chi connectivity index (χ1v) is 5.29. The van der Waals surface area contributed by atoms with Crippen LogP contribution in [0.3, 0.4) is 0 Å². The van der Waals surface area contributed by atoms with Gasteiger partial charge in [0.05, 0.1) is 12.3 Å². The number of carbonyl (C=O) groups excluding carboxylic acids is 1. The molecule has 0 saturated heterocycles. The van der Waals surface area contributed by atoms with Crippen molar-refractivity contribution >= 4 is 11.6 Å². The summed E-state index contributed by atoms with van der Waals surface area (Å²) in [5, 5.41) is 14.2. The molecule has 0 unspecified atom stereocenters. The summed E-state index contributed by atoms with van der Waals surface area (Å²) in [5.74, 6) is 2.53. The van der Waals surface area contributed by atoms with Crippen LogP contribution in [0.1, 0.15) is 12.5 Å². The van der Waals surface area contributed by atoms with E-state index in [9.17, 15) is 4.79 Å². The van der Waals surface area contributed by atoms with Crippen molar-refractivity contribution in [1.82, 2.24) is 5.32 Å². The van der Waals surface area contributed by atoms with E-state index in [1.165, 1.54) is 0 Å². The number of nitrogens with zero attached hydrogens (tertiary/aromatic N) is 1. The van der Waals surface area contributed by atoms with Gasteiger partial charge in [-0.05, 0) is 19.1 Å². The predicted octanol–water partition coefficient (Wildman–Crippen LogP) is 1.01. The fraction of sp³-hybridized carbons (Fsp3) is 0.231. The SMILES string of the molecule is C#CCNC(=O)COc1cccc(/C(C)=N/O)c1. The molecule has 0 spiro atoms. The highest BCUT2D eigenvalue weighted by Gasteiger charge is 2.03. The summed E-state index contributed by atoms with van der Waals surface area (Å²) in [5.41, 5.74) is 1.19. The van der Waals surface area contributed by atoms with Crippen molar-refractivity contribution in [2.45, 2.75) is 6.92 Å². The lowest BCUT2D eigenvalue weighted by molar-refractivity contribution is -0.122. The molecule has 5 nitrogen and oxygen atoms in total. The molecule has 0 aliphatic carbocycles. The van der Waals surface area contributed by atoms with Gasteiger partial charge >= 0.3 is 0 Å². The molecular weight excluding hydrogens is 232 g/mol. The minimum absolute atomic E-state index is 0.111. The van der Waals surface area contributed by atoms with Gasteiger partial charge in [-0.2, -0.15) is 0 Å². The second-order valence-electron chi connectivity index (χ2n) is 3.48. The third-order valence-electron chi connectivity index (χ3n) is 2.16. The Hall–Kier alpha value is -2.48. The quantitative estimate of drug-likeness (QED) is 0.352. The highest BCUT2D eigenvalue weighted by molar-refractivity contribution is 5.98. The van der Waals surface area contributed by atoms with Gasteiger partial charge in [-0.15, -0.1) is 6.42 Å². The molecular formula is C13H14N2O3. The summed E-state index contributed by atoms with van der Waals surface area (Å²) in [7, 11) is 0. The molecule has 0 bridgehead atoms. The number of terminal acetylenes is 1. The molecule has 1 aromatic rings. The van der Waals surface area contributed by atoms with E-state index in [0.29, 0.717) is 11.5 Å². The zero-order chi connectivity index (χ0) is 13.4. The molecule has 0 saturated carbocycles. The average Bonchev–Trinajstić information content (AvgIpc) is 2.42. The Kier molecular flexibility index (Phi) is 5.26. The van der Waals surface area contributed by atoms with Crippen LogP contribution in [-0.2, 0) is 4.79 Å². The number of nitrogens with one attached hydrogen (secondary N) is 1. The number of ether oxygens (including phenoxy) is 1. The van der Waals surface area contributed by atoms with Crippen molar-refractivity contribution < 1.29 is 14.7 Å². The zero-order valence-corrected chi connectivity index (χ0v) is 10.0. The Labute approximate surface area is 105 Å². The topological polar surface area (TPSA) is 70.9 Å². The van der Waals surface area contributed by atoms with E-state index in [1.54, 1.807) is 31.2 Å². The Morgan fingerprint density at radius 3 is 3.06 bits per heavy atom. The van der Waals surface area contributed by atoms with E-state index < -0.39 is 0 Å². The molecule has 0 aliphatic heterocycles. The largest absolute Gasteiger partial charge is 0.484 e. The molecule has 1 aromatic carbocycles. The number of rotatable bonds is 5. The molecule has 0 aliphatic rings. The van der Waals surface area contributed by atoms with Gasteiger partial charge in [0, 0.05) is 5.56 Å². The molecule has 0 atom stereocenters. The summed E-state index contributed by atoms with van der Waals surface area (Å²) >= 11 is 0. The van der Waals surface area contributed by atoms with Gasteiger partial charge in [0.1, 0.15) is 5.75 Å². The summed E-state index contributed by atoms with van der Waals surface area (Å²) in [6, 6.07) is 6.92. The molecule has 0 heterocycles. The standard InChI is InChI=1S/C13H14N2O3/c1-3-7-14-13(16)9-18-12-6-4-5-11(8-12)10(2)15-17/h1,4-6,8,17H,7,9H2,2H3,(H,14,16)/b15-10+. The van der Waals surface area contributed by atoms with Gasteiger partial charge in [-0.1, -0.05) is 23.2 Å². The van der Waals surface area contributed by atoms with E-state index in [0.717, 1.165) is 5.56 Å². The van der Waals surface area contributed by atoms with E-state index in [-0.39, 0.29) is 19.1 Å². The fourth-order valence-corrected chi connectivity index (χ4v) is 1.22. The van der Waals surface area contributed by atoms with Crippen molar-refractivity contribution in [1.29, 1.82) is 0 Å². The first-order chi connectivity index (χ1) is 8.67. The first-order valence-electron chi connectivity index (χ1n) is 5.29. The summed E-state index contributed by atoms with van der Waals surface area (Å²) in [4.78, 5) is 11.3. The molecule has 5 heteroatoms. The van der Waals surface area contributed by atoms with Crippen LogP contribution in [0.15, 0.2) is 29.4 Å². The highest BCUT2D eigenvalue weighted by atomic mass is 16.5. The van der Waals surface area contributed by atoms with Gasteiger partial charge in [0.25, 0.3) is 5.91 Å². The van der Waals surface area contributed by atoms with Crippen LogP contribution in [0.2, 0.25) is 0 Å². The molecule has 94 valence electrons. The Balaban J connectivity index is 2.58. The molecule has 0 radical (unpaired) electrons. The number of hydrogen-bond donors (Lipinski definition) is 2. The van der Waals surface area contributed by atoms with Gasteiger partial charge < -0.3 is 15.3 Å². The molecule has 1 amide bonds. The monoisotopic (exact) mass is 246 g/mol. The van der Waals surface area contributed by atoms with Crippen molar-refractivity contribution in [2.75, 3.05) is 13.2 Å². The smallest absolute Gasteiger partial charge is 0.258 e. The van der Waals surface area contributed by atoms with E-state index >= 15 is 0 Å². The van der Waals surface area contributed by atoms with Crippen LogP contribution < -0.4 is 10.1 Å². The third kappa shape index (κ3) is 4.18. The molecule has 2 N–H and O–H groups in total. The number of benzene rings is 1. The van der Waals surface area contributed by atoms with Crippen LogP contribution >= 0.6 is 0 Å². The van der Waals surface area contributed by atoms with E-state index in [1.807, 2.05) is 0 Å². The van der Waals surface area contributed by atoms with Crippen molar-refractivity contribution in [3.8, 4) is 18.1 Å². The fourth-order valence-electron chi connectivity index (χ4n) is 1.22. The lowest BCUT2D eigenvalue weighted by Crippen LogP contribution is -2.29. The van der Waals surface area contributed by atoms with Gasteiger partial charge in [0.15, 0.2) is 6.61 Å². The number of amides is 1. The van der Waals surface area contributed by atoms with Gasteiger partial charge in [0.2, 0.25) is 0 Å². The summed E-state index contributed by atoms with van der Waals surface area (Å²) in [6.45, 7) is 1.73. The van der Waals surface area contributed by atoms with Crippen molar-refractivity contribution in [3.05, 3.63) is 29.8 Å². The van der Waals surface area contributed by atoms with Crippen LogP contribution in [0.5, 0.6) is 5.75 Å². The van der Waals surface area contributed by atoms with Crippen LogP contribution in [0.25, 0.3) is 0 Å². The van der Waals surface area contributed by atoms with E-state index in [2.05, 4.69) is 16.4 Å². The number of hydrogen-bond acceptors (Lipinski definition) is 4. The molecule has 0 aromatic heterocycles. The van der Waals surface area contributed by atoms with Crippen molar-refractivity contribution in [2.24, 2.45) is 5.16 Å². The summed E-state index contributed by atoms with van der Waals surface area (Å²) in [6.07, 6.45) is 5.01. The minimum atomic E-state index is -0.286. The highest BCUT2D eigenvalue weighted by Crippen LogP contribution is 2.13. The van der Waals surface area contributed by atoms with Crippen molar-refractivity contribution in [3.63, 3.8) is 0 Å². The second-order valence-corrected chi connectivity index (χ2v) is 3.48. The van der Waals surface area contributed by atoms with Gasteiger partial charge in [-0.25, -0.2) is 0 Å². The third-order valence-corrected chi connectivity index (χ3v) is 2.16. The molecule has 1 rings (SSSR count). The maximum Gasteiger partial charge on any atom is 0.258 e. The average molecular weight is 246 g/mol. The van der Waals surface area contributed by atoms with Crippen LogP contribution in [0, 0.1) is 12.3 Å². The minimum Gasteiger partial charge on any atom is -0.484 e. The first kappa shape index (κ1) is 13.6. The Morgan fingerprint density at radius 1 is 1.61 bits per heavy atom. The maximum absolute atomic E-state index is 11.3. The Morgan fingerprint density at radius 2 is 2.39 bits per heavy atom. The van der Waals surface area contributed by atoms with Crippen LogP contribution in [-0.4, -0.2) is 30.0 Å². The molecule has 0 fully saturated rings. The van der Waals surface area contributed by atoms with Gasteiger partial charge in [-0.3, -0.25) is 4.79 Å². The summed E-state index contributed by atoms with van der Waals surface area (Å²) < 4.78 is 5.28. The lowest BCUT2D eigenvalue weighted by atomic mass is 10.1. The Bertz CT molecular complexity index is 489. The molecule has 18 heavy (non-hydrogen) atoms. The predicted molar refractivity (Wildman–Crippen MR) is 67.8 cm³/mol. The zero-order valence-electron chi connectivity index (χ0n) is 10.0. The maximum atomic E-state index is 11.3. The second kappa shape index (κ2) is 6.97. The van der Waals surface area contributed by atoms with Crippen LogP contribution in [0.4, 0.5) is 0 Å². The number of carbonyl (C=O) groups is 1. The number of oxime groups is 1. The normalized spacial score (nSPS) is 10.6. The lowest BCUT2D eigenvalue weighted by Gasteiger charge is -2.07.